The zero-order valence-electron chi connectivity index (χ0n) is 14.0. The molecule has 1 rings (SSSR count). The van der Waals surface area contributed by atoms with Gasteiger partial charge in [-0.15, -0.1) is 5.10 Å². The lowest BCUT2D eigenvalue weighted by molar-refractivity contribution is 0.359. The molecule has 0 fully saturated rings. The fraction of sp³-hybridized carbons (Fsp3) is 0.882. The Morgan fingerprint density at radius 2 is 1.60 bits per heavy atom. The fourth-order valence-corrected chi connectivity index (χ4v) is 2.80. The van der Waals surface area contributed by atoms with Gasteiger partial charge in [0, 0.05) is 18.2 Å². The lowest BCUT2D eigenvalue weighted by Gasteiger charge is -2.27. The Bertz CT molecular complexity index is 359. The molecule has 1 aromatic heterocycles. The van der Waals surface area contributed by atoms with Crippen molar-refractivity contribution in [3.05, 3.63) is 11.9 Å². The average molecular weight is 279 g/mol. The fourth-order valence-electron chi connectivity index (χ4n) is 2.80. The number of hydrogen-bond donors (Lipinski definition) is 0. The van der Waals surface area contributed by atoms with Crippen molar-refractivity contribution in [2.45, 2.75) is 97.4 Å². The maximum atomic E-state index is 4.44. The molecule has 20 heavy (non-hydrogen) atoms. The first-order chi connectivity index (χ1) is 9.66. The van der Waals surface area contributed by atoms with Crippen LogP contribution in [-0.4, -0.2) is 15.0 Å². The molecule has 0 aliphatic heterocycles. The van der Waals surface area contributed by atoms with Crippen LogP contribution in [-0.2, 0) is 12.0 Å². The highest BCUT2D eigenvalue weighted by Crippen LogP contribution is 2.33. The zero-order chi connectivity index (χ0) is 14.8. The molecule has 3 heteroatoms. The molecule has 3 nitrogen and oxygen atoms in total. The van der Waals surface area contributed by atoms with E-state index in [-0.39, 0.29) is 5.41 Å². The summed E-state index contributed by atoms with van der Waals surface area (Å²) < 4.78 is 1.95. The topological polar surface area (TPSA) is 30.7 Å². The highest BCUT2D eigenvalue weighted by molar-refractivity contribution is 5.10. The van der Waals surface area contributed by atoms with Gasteiger partial charge < -0.3 is 0 Å². The molecule has 1 atom stereocenters. The second-order valence-corrected chi connectivity index (χ2v) is 6.29. The van der Waals surface area contributed by atoms with Gasteiger partial charge in [0.05, 0.1) is 5.69 Å². The summed E-state index contributed by atoms with van der Waals surface area (Å²) in [5.41, 5.74) is 1.42. The first kappa shape index (κ1) is 17.2. The molecule has 0 bridgehead atoms. The van der Waals surface area contributed by atoms with E-state index in [9.17, 15) is 0 Å². The molecule has 0 N–H and O–H groups in total. The normalized spacial score (nSPS) is 14.4. The highest BCUT2D eigenvalue weighted by atomic mass is 15.4. The van der Waals surface area contributed by atoms with Crippen molar-refractivity contribution in [2.24, 2.45) is 0 Å². The van der Waals surface area contributed by atoms with Crippen LogP contribution in [0.3, 0.4) is 0 Å². The van der Waals surface area contributed by atoms with E-state index in [4.69, 9.17) is 0 Å². The van der Waals surface area contributed by atoms with Gasteiger partial charge in [0.1, 0.15) is 0 Å². The average Bonchev–Trinajstić information content (AvgIpc) is 2.94. The van der Waals surface area contributed by atoms with Crippen molar-refractivity contribution in [2.75, 3.05) is 0 Å². The summed E-state index contributed by atoms with van der Waals surface area (Å²) in [6.45, 7) is 9.95. The standard InChI is InChI=1S/C17H33N3/c1-5-8-10-11-12-14-17(4,13-9-6-2)16-15-20(7-3)19-18-16/h15H,5-14H2,1-4H3. The number of aromatic nitrogens is 3. The van der Waals surface area contributed by atoms with Crippen molar-refractivity contribution in [3.8, 4) is 0 Å². The van der Waals surface area contributed by atoms with Crippen LogP contribution in [0.5, 0.6) is 0 Å². The quantitative estimate of drug-likeness (QED) is 0.527. The monoisotopic (exact) mass is 279 g/mol. The summed E-state index contributed by atoms with van der Waals surface area (Å²) in [4.78, 5) is 0. The molecular weight excluding hydrogens is 246 g/mol. The van der Waals surface area contributed by atoms with Crippen LogP contribution >= 0.6 is 0 Å². The minimum absolute atomic E-state index is 0.218. The second kappa shape index (κ2) is 9.15. The molecule has 0 aromatic carbocycles. The first-order valence-corrected chi connectivity index (χ1v) is 8.57. The van der Waals surface area contributed by atoms with E-state index in [2.05, 4.69) is 44.2 Å². The number of unbranched alkanes of at least 4 members (excludes halogenated alkanes) is 5. The Kier molecular flexibility index (Phi) is 7.86. The number of nitrogens with zero attached hydrogens (tertiary/aromatic N) is 3. The molecule has 116 valence electrons. The largest absolute Gasteiger partial charge is 0.253 e. The Morgan fingerprint density at radius 1 is 0.950 bits per heavy atom. The van der Waals surface area contributed by atoms with Crippen molar-refractivity contribution in [3.63, 3.8) is 0 Å². The Balaban J connectivity index is 2.60. The third-order valence-corrected chi connectivity index (χ3v) is 4.40. The molecule has 1 aromatic rings. The van der Waals surface area contributed by atoms with Crippen LogP contribution in [0.2, 0.25) is 0 Å². The predicted molar refractivity (Wildman–Crippen MR) is 85.9 cm³/mol. The summed E-state index contributed by atoms with van der Waals surface area (Å²) in [7, 11) is 0. The SMILES string of the molecule is CCCCCCCC(C)(CCCC)c1cn(CC)nn1. The molecule has 0 spiro atoms. The van der Waals surface area contributed by atoms with Crippen LogP contribution in [0.1, 0.15) is 91.2 Å². The van der Waals surface area contributed by atoms with Crippen molar-refractivity contribution < 1.29 is 0 Å². The van der Waals surface area contributed by atoms with Crippen molar-refractivity contribution in [1.82, 2.24) is 15.0 Å². The van der Waals surface area contributed by atoms with Gasteiger partial charge in [0.15, 0.2) is 0 Å². The summed E-state index contributed by atoms with van der Waals surface area (Å²) in [5.74, 6) is 0. The van der Waals surface area contributed by atoms with Crippen molar-refractivity contribution >= 4 is 0 Å². The third-order valence-electron chi connectivity index (χ3n) is 4.40. The van der Waals surface area contributed by atoms with E-state index in [1.165, 1.54) is 63.5 Å². The van der Waals surface area contributed by atoms with Gasteiger partial charge in [-0.2, -0.15) is 0 Å². The Hall–Kier alpha value is -0.860. The lowest BCUT2D eigenvalue weighted by Crippen LogP contribution is -2.22. The van der Waals surface area contributed by atoms with E-state index >= 15 is 0 Å². The third kappa shape index (κ3) is 5.26. The van der Waals surface area contributed by atoms with E-state index in [0.29, 0.717) is 0 Å². The molecule has 1 heterocycles. The van der Waals surface area contributed by atoms with Gasteiger partial charge in [-0.1, -0.05) is 70.9 Å². The molecule has 1 unspecified atom stereocenters. The van der Waals surface area contributed by atoms with E-state index in [0.717, 1.165) is 6.54 Å². The highest BCUT2D eigenvalue weighted by Gasteiger charge is 2.28. The van der Waals surface area contributed by atoms with Gasteiger partial charge in [-0.05, 0) is 19.8 Å². The van der Waals surface area contributed by atoms with Gasteiger partial charge in [0.2, 0.25) is 0 Å². The molecule has 0 aliphatic rings. The number of hydrogen-bond acceptors (Lipinski definition) is 2. The van der Waals surface area contributed by atoms with Crippen LogP contribution in [0, 0.1) is 0 Å². The van der Waals surface area contributed by atoms with Crippen molar-refractivity contribution in [1.29, 1.82) is 0 Å². The van der Waals surface area contributed by atoms with E-state index in [1.807, 2.05) is 4.68 Å². The smallest absolute Gasteiger partial charge is 0.0885 e. The Labute approximate surface area is 125 Å². The number of rotatable bonds is 11. The maximum Gasteiger partial charge on any atom is 0.0885 e. The van der Waals surface area contributed by atoms with Crippen LogP contribution in [0.4, 0.5) is 0 Å². The number of aryl methyl sites for hydroxylation is 1. The summed E-state index contributed by atoms with van der Waals surface area (Å²) in [6, 6.07) is 0. The van der Waals surface area contributed by atoms with Gasteiger partial charge >= 0.3 is 0 Å². The molecule has 0 amide bonds. The predicted octanol–water partition coefficient (Wildman–Crippen LogP) is 5.11. The maximum absolute atomic E-state index is 4.44. The molecule has 0 radical (unpaired) electrons. The van der Waals surface area contributed by atoms with Gasteiger partial charge in [-0.3, -0.25) is 4.68 Å². The molecule has 0 saturated heterocycles. The molecular formula is C17H33N3. The Morgan fingerprint density at radius 3 is 2.20 bits per heavy atom. The first-order valence-electron chi connectivity index (χ1n) is 8.57. The van der Waals surface area contributed by atoms with Gasteiger partial charge in [-0.25, -0.2) is 0 Å². The summed E-state index contributed by atoms with van der Waals surface area (Å²) in [6.07, 6.45) is 13.9. The summed E-state index contributed by atoms with van der Waals surface area (Å²) >= 11 is 0. The van der Waals surface area contributed by atoms with E-state index < -0.39 is 0 Å². The molecule has 0 saturated carbocycles. The molecule has 0 aliphatic carbocycles. The second-order valence-electron chi connectivity index (χ2n) is 6.29. The minimum Gasteiger partial charge on any atom is -0.253 e. The lowest BCUT2D eigenvalue weighted by atomic mass is 9.77. The van der Waals surface area contributed by atoms with Crippen LogP contribution < -0.4 is 0 Å². The van der Waals surface area contributed by atoms with Crippen LogP contribution in [0.25, 0.3) is 0 Å². The minimum atomic E-state index is 0.218. The van der Waals surface area contributed by atoms with E-state index in [1.54, 1.807) is 0 Å². The van der Waals surface area contributed by atoms with Gasteiger partial charge in [0.25, 0.3) is 0 Å². The van der Waals surface area contributed by atoms with Crippen LogP contribution in [0.15, 0.2) is 6.20 Å². The zero-order valence-corrected chi connectivity index (χ0v) is 14.0. The summed E-state index contributed by atoms with van der Waals surface area (Å²) in [5, 5.41) is 8.67.